The van der Waals surface area contributed by atoms with Gasteiger partial charge >= 0.3 is 0 Å². The summed E-state index contributed by atoms with van der Waals surface area (Å²) in [6, 6.07) is 1.29. The molecular weight excluding hydrogens is 228 g/mol. The third-order valence-corrected chi connectivity index (χ3v) is 4.27. The van der Waals surface area contributed by atoms with Gasteiger partial charge in [0.2, 0.25) is 5.91 Å². The lowest BCUT2D eigenvalue weighted by atomic mass is 9.90. The number of nitrogens with one attached hydrogen (secondary N) is 2. The first-order valence-electron chi connectivity index (χ1n) is 7.12. The molecule has 1 amide bonds. The Labute approximate surface area is 110 Å². The van der Waals surface area contributed by atoms with Gasteiger partial charge in [0.15, 0.2) is 0 Å². The van der Waals surface area contributed by atoms with Gasteiger partial charge in [-0.25, -0.2) is 0 Å². The molecule has 2 unspecified atom stereocenters. The molecule has 0 bridgehead atoms. The lowest BCUT2D eigenvalue weighted by molar-refractivity contribution is -0.131. The fourth-order valence-electron chi connectivity index (χ4n) is 3.23. The van der Waals surface area contributed by atoms with E-state index in [9.17, 15) is 4.79 Å². The van der Waals surface area contributed by atoms with E-state index >= 15 is 0 Å². The van der Waals surface area contributed by atoms with Crippen LogP contribution in [0.15, 0.2) is 0 Å². The Morgan fingerprint density at radius 1 is 1.17 bits per heavy atom. The molecule has 0 aromatic heterocycles. The van der Waals surface area contributed by atoms with Crippen molar-refractivity contribution in [3.63, 3.8) is 0 Å². The first-order valence-corrected chi connectivity index (χ1v) is 7.12. The molecule has 5 heteroatoms. The minimum absolute atomic E-state index is 0.216. The number of nitrogens with zero attached hydrogens (tertiary/aromatic N) is 2. The molecule has 1 aliphatic carbocycles. The van der Waals surface area contributed by atoms with Crippen LogP contribution < -0.4 is 10.9 Å². The van der Waals surface area contributed by atoms with Gasteiger partial charge in [-0.15, -0.1) is 0 Å². The second kappa shape index (κ2) is 6.50. The van der Waals surface area contributed by atoms with Gasteiger partial charge in [-0.1, -0.05) is 6.42 Å². The summed E-state index contributed by atoms with van der Waals surface area (Å²) in [5, 5.41) is 0. The molecular formula is C13H26N4O. The van der Waals surface area contributed by atoms with Crippen molar-refractivity contribution in [3.05, 3.63) is 0 Å². The lowest BCUT2D eigenvalue weighted by Gasteiger charge is -2.42. The zero-order valence-electron chi connectivity index (χ0n) is 11.6. The van der Waals surface area contributed by atoms with Crippen LogP contribution in [-0.4, -0.2) is 61.0 Å². The van der Waals surface area contributed by atoms with E-state index in [0.29, 0.717) is 12.1 Å². The molecule has 2 fully saturated rings. The Morgan fingerprint density at radius 2 is 1.89 bits per heavy atom. The molecule has 2 atom stereocenters. The largest absolute Gasteiger partial charge is 0.340 e. The smallest absolute Gasteiger partial charge is 0.219 e. The van der Waals surface area contributed by atoms with Crippen LogP contribution in [0.5, 0.6) is 0 Å². The molecule has 0 radical (unpaired) electrons. The number of amides is 1. The topological polar surface area (TPSA) is 47.6 Å². The summed E-state index contributed by atoms with van der Waals surface area (Å²) in [6.45, 7) is 5.54. The van der Waals surface area contributed by atoms with E-state index in [1.165, 1.54) is 25.7 Å². The maximum atomic E-state index is 11.3. The van der Waals surface area contributed by atoms with Crippen LogP contribution >= 0.6 is 0 Å². The Morgan fingerprint density at radius 3 is 2.50 bits per heavy atom. The van der Waals surface area contributed by atoms with Crippen molar-refractivity contribution in [1.82, 2.24) is 20.7 Å². The third-order valence-electron chi connectivity index (χ3n) is 4.27. The molecule has 18 heavy (non-hydrogen) atoms. The van der Waals surface area contributed by atoms with Crippen LogP contribution in [0.1, 0.15) is 32.6 Å². The van der Waals surface area contributed by atoms with Crippen LogP contribution in [0.4, 0.5) is 0 Å². The van der Waals surface area contributed by atoms with E-state index in [1.807, 2.05) is 11.9 Å². The summed E-state index contributed by atoms with van der Waals surface area (Å²) in [7, 11) is 1.94. The average molecular weight is 254 g/mol. The van der Waals surface area contributed by atoms with E-state index < -0.39 is 0 Å². The highest BCUT2D eigenvalue weighted by atomic mass is 16.2. The number of hydrogen-bond acceptors (Lipinski definition) is 4. The molecule has 2 aliphatic rings. The average Bonchev–Trinajstić information content (AvgIpc) is 2.39. The quantitative estimate of drug-likeness (QED) is 0.706. The summed E-state index contributed by atoms with van der Waals surface area (Å²) in [5.41, 5.74) is 6.40. The Bertz CT molecular complexity index is 274. The summed E-state index contributed by atoms with van der Waals surface area (Å²) in [6.07, 6.45) is 5.10. The number of carbonyl (C=O) groups is 1. The molecule has 1 heterocycles. The molecule has 104 valence electrons. The molecule has 1 aliphatic heterocycles. The molecule has 0 aromatic rings. The standard InChI is InChI=1S/C13H26N4O/c1-11(18)16-6-8-17(9-7-16)13-5-3-4-12(10-13)15-14-2/h12-15H,3-10H2,1-2H3. The van der Waals surface area contributed by atoms with Gasteiger partial charge in [-0.05, 0) is 26.3 Å². The second-order valence-electron chi connectivity index (χ2n) is 5.45. The van der Waals surface area contributed by atoms with Crippen molar-refractivity contribution in [2.24, 2.45) is 0 Å². The molecule has 0 spiro atoms. The molecule has 5 nitrogen and oxygen atoms in total. The zero-order chi connectivity index (χ0) is 13.0. The molecule has 1 saturated carbocycles. The first-order chi connectivity index (χ1) is 8.70. The Balaban J connectivity index is 1.80. The fraction of sp³-hybridized carbons (Fsp3) is 0.923. The highest BCUT2D eigenvalue weighted by molar-refractivity contribution is 5.73. The van der Waals surface area contributed by atoms with Gasteiger partial charge in [0.25, 0.3) is 0 Å². The van der Waals surface area contributed by atoms with Gasteiger partial charge < -0.3 is 4.90 Å². The summed E-state index contributed by atoms with van der Waals surface area (Å²) in [5.74, 6) is 0.216. The van der Waals surface area contributed by atoms with Crippen LogP contribution in [0.25, 0.3) is 0 Å². The van der Waals surface area contributed by atoms with Crippen molar-refractivity contribution in [2.75, 3.05) is 33.2 Å². The predicted octanol–water partition coefficient (Wildman–Crippen LogP) is 0.186. The highest BCUT2D eigenvalue weighted by Gasteiger charge is 2.29. The molecule has 0 aromatic carbocycles. The van der Waals surface area contributed by atoms with Crippen LogP contribution in [0, 0.1) is 0 Å². The van der Waals surface area contributed by atoms with Gasteiger partial charge in [0.1, 0.15) is 0 Å². The van der Waals surface area contributed by atoms with E-state index in [1.54, 1.807) is 6.92 Å². The second-order valence-corrected chi connectivity index (χ2v) is 5.45. The zero-order valence-corrected chi connectivity index (χ0v) is 11.6. The van der Waals surface area contributed by atoms with Crippen molar-refractivity contribution in [2.45, 2.75) is 44.7 Å². The normalized spacial score (nSPS) is 30.4. The lowest BCUT2D eigenvalue weighted by Crippen LogP contribution is -2.54. The van der Waals surface area contributed by atoms with E-state index in [0.717, 1.165) is 26.2 Å². The summed E-state index contributed by atoms with van der Waals surface area (Å²) < 4.78 is 0. The minimum atomic E-state index is 0.216. The number of hydrogen-bond donors (Lipinski definition) is 2. The molecule has 2 N–H and O–H groups in total. The Hall–Kier alpha value is -0.650. The van der Waals surface area contributed by atoms with Crippen molar-refractivity contribution >= 4 is 5.91 Å². The summed E-state index contributed by atoms with van der Waals surface area (Å²) >= 11 is 0. The van der Waals surface area contributed by atoms with Crippen molar-refractivity contribution in [3.8, 4) is 0 Å². The highest BCUT2D eigenvalue weighted by Crippen LogP contribution is 2.23. The van der Waals surface area contributed by atoms with Crippen molar-refractivity contribution in [1.29, 1.82) is 0 Å². The number of rotatable bonds is 3. The molecule has 1 saturated heterocycles. The number of hydrazine groups is 1. The van der Waals surface area contributed by atoms with E-state index in [4.69, 9.17) is 0 Å². The summed E-state index contributed by atoms with van der Waals surface area (Å²) in [4.78, 5) is 15.8. The van der Waals surface area contributed by atoms with Gasteiger partial charge in [-0.2, -0.15) is 0 Å². The van der Waals surface area contributed by atoms with Gasteiger partial charge in [0.05, 0.1) is 0 Å². The predicted molar refractivity (Wildman–Crippen MR) is 72.1 cm³/mol. The monoisotopic (exact) mass is 254 g/mol. The van der Waals surface area contributed by atoms with Crippen LogP contribution in [0.2, 0.25) is 0 Å². The first kappa shape index (κ1) is 13.8. The van der Waals surface area contributed by atoms with E-state index in [-0.39, 0.29) is 5.91 Å². The third kappa shape index (κ3) is 3.43. The van der Waals surface area contributed by atoms with Gasteiger partial charge in [-0.3, -0.25) is 20.5 Å². The van der Waals surface area contributed by atoms with Crippen LogP contribution in [0.3, 0.4) is 0 Å². The SMILES string of the molecule is CNNC1CCCC(N2CCN(C(C)=O)CC2)C1. The van der Waals surface area contributed by atoms with Crippen molar-refractivity contribution < 1.29 is 4.79 Å². The number of piperazine rings is 1. The Kier molecular flexibility index (Phi) is 4.97. The maximum Gasteiger partial charge on any atom is 0.219 e. The van der Waals surface area contributed by atoms with Crippen LogP contribution in [-0.2, 0) is 4.79 Å². The number of carbonyl (C=O) groups excluding carboxylic acids is 1. The molecule has 2 rings (SSSR count). The van der Waals surface area contributed by atoms with Gasteiger partial charge in [0, 0.05) is 45.2 Å². The maximum absolute atomic E-state index is 11.3. The minimum Gasteiger partial charge on any atom is -0.340 e. The van der Waals surface area contributed by atoms with E-state index in [2.05, 4.69) is 15.8 Å². The fourth-order valence-corrected chi connectivity index (χ4v) is 3.23.